The van der Waals surface area contributed by atoms with E-state index in [1.54, 1.807) is 0 Å². The Morgan fingerprint density at radius 3 is 2.52 bits per heavy atom. The summed E-state index contributed by atoms with van der Waals surface area (Å²) in [7, 11) is 0. The van der Waals surface area contributed by atoms with Crippen LogP contribution in [0, 0.1) is 0 Å². The Bertz CT molecular complexity index is 717. The van der Waals surface area contributed by atoms with E-state index in [4.69, 9.17) is 0 Å². The first-order valence-corrected chi connectivity index (χ1v) is 8.74. The first-order chi connectivity index (χ1) is 10.1. The van der Waals surface area contributed by atoms with Crippen LogP contribution in [0.1, 0.15) is 36.4 Å². The van der Waals surface area contributed by atoms with Crippen molar-refractivity contribution >= 4 is 37.4 Å². The molecule has 21 heavy (non-hydrogen) atoms. The molecular formula is C18H18BrNS. The van der Waals surface area contributed by atoms with Crippen molar-refractivity contribution in [2.75, 3.05) is 0 Å². The Labute approximate surface area is 138 Å². The molecule has 2 atom stereocenters. The number of thiophene rings is 1. The van der Waals surface area contributed by atoms with Crippen LogP contribution in [0.2, 0.25) is 0 Å². The summed E-state index contributed by atoms with van der Waals surface area (Å²) in [4.78, 5) is 1.39. The average Bonchev–Trinajstić information content (AvgIpc) is 2.91. The highest BCUT2D eigenvalue weighted by atomic mass is 79.9. The second kappa shape index (κ2) is 6.30. The maximum absolute atomic E-state index is 3.69. The Hall–Kier alpha value is -1.16. The standard InChI is InChI=1S/C18H18BrNS/c1-12(14-7-5-8-16(19)10-14)20-13(2)18-11-15-6-3-4-9-17(15)21-18/h3-13,20H,1-2H3. The third-order valence-corrected chi connectivity index (χ3v) is 5.51. The molecule has 0 aliphatic carbocycles. The number of hydrogen-bond acceptors (Lipinski definition) is 2. The lowest BCUT2D eigenvalue weighted by Gasteiger charge is -2.19. The lowest BCUT2D eigenvalue weighted by molar-refractivity contribution is 0.500. The number of halogens is 1. The van der Waals surface area contributed by atoms with E-state index in [2.05, 4.69) is 89.7 Å². The van der Waals surface area contributed by atoms with E-state index in [1.807, 2.05) is 11.3 Å². The van der Waals surface area contributed by atoms with E-state index in [9.17, 15) is 0 Å². The van der Waals surface area contributed by atoms with Crippen molar-refractivity contribution in [1.82, 2.24) is 5.32 Å². The third kappa shape index (κ3) is 3.37. The molecule has 0 bridgehead atoms. The van der Waals surface area contributed by atoms with Crippen LogP contribution < -0.4 is 5.32 Å². The highest BCUT2D eigenvalue weighted by Gasteiger charge is 2.13. The second-order valence-electron chi connectivity index (χ2n) is 5.35. The molecule has 1 N–H and O–H groups in total. The fraction of sp³-hybridized carbons (Fsp3) is 0.222. The fourth-order valence-electron chi connectivity index (χ4n) is 2.55. The lowest BCUT2D eigenvalue weighted by Crippen LogP contribution is -2.21. The zero-order valence-corrected chi connectivity index (χ0v) is 14.5. The number of nitrogens with one attached hydrogen (secondary N) is 1. The molecule has 0 fully saturated rings. The van der Waals surface area contributed by atoms with Crippen molar-refractivity contribution in [1.29, 1.82) is 0 Å². The Morgan fingerprint density at radius 2 is 1.76 bits per heavy atom. The number of hydrogen-bond donors (Lipinski definition) is 1. The number of fused-ring (bicyclic) bond motifs is 1. The van der Waals surface area contributed by atoms with Gasteiger partial charge in [-0.15, -0.1) is 11.3 Å². The van der Waals surface area contributed by atoms with Crippen molar-refractivity contribution < 1.29 is 0 Å². The molecule has 2 unspecified atom stereocenters. The van der Waals surface area contributed by atoms with Gasteiger partial charge in [0, 0.05) is 26.1 Å². The van der Waals surface area contributed by atoms with Gasteiger partial charge < -0.3 is 5.32 Å². The SMILES string of the molecule is CC(NC(C)c1cc2ccccc2s1)c1cccc(Br)c1. The predicted octanol–water partition coefficient (Wildman–Crippen LogP) is 6.08. The van der Waals surface area contributed by atoms with Gasteiger partial charge in [0.2, 0.25) is 0 Å². The van der Waals surface area contributed by atoms with Gasteiger partial charge in [-0.3, -0.25) is 0 Å². The normalized spacial score (nSPS) is 14.2. The highest BCUT2D eigenvalue weighted by molar-refractivity contribution is 9.10. The first kappa shape index (κ1) is 14.8. The van der Waals surface area contributed by atoms with Crippen LogP contribution in [0.5, 0.6) is 0 Å². The molecule has 0 saturated carbocycles. The van der Waals surface area contributed by atoms with Crippen LogP contribution in [0.3, 0.4) is 0 Å². The molecule has 0 saturated heterocycles. The fourth-order valence-corrected chi connectivity index (χ4v) is 4.04. The van der Waals surface area contributed by atoms with E-state index in [1.165, 1.54) is 20.5 Å². The van der Waals surface area contributed by atoms with Crippen LogP contribution >= 0.6 is 27.3 Å². The second-order valence-corrected chi connectivity index (χ2v) is 7.38. The molecule has 0 aliphatic heterocycles. The van der Waals surface area contributed by atoms with Crippen molar-refractivity contribution in [3.8, 4) is 0 Å². The third-order valence-electron chi connectivity index (χ3n) is 3.72. The molecule has 2 aromatic carbocycles. The maximum Gasteiger partial charge on any atom is 0.0391 e. The van der Waals surface area contributed by atoms with Gasteiger partial charge in [-0.2, -0.15) is 0 Å². The van der Waals surface area contributed by atoms with Gasteiger partial charge in [0.05, 0.1) is 0 Å². The zero-order chi connectivity index (χ0) is 14.8. The molecule has 3 rings (SSSR count). The summed E-state index contributed by atoms with van der Waals surface area (Å²) < 4.78 is 2.49. The van der Waals surface area contributed by atoms with Crippen LogP contribution in [-0.2, 0) is 0 Å². The molecule has 3 aromatic rings. The van der Waals surface area contributed by atoms with Gasteiger partial charge in [-0.05, 0) is 49.1 Å². The minimum atomic E-state index is 0.322. The van der Waals surface area contributed by atoms with Crippen molar-refractivity contribution in [3.63, 3.8) is 0 Å². The van der Waals surface area contributed by atoms with Gasteiger partial charge >= 0.3 is 0 Å². The summed E-state index contributed by atoms with van der Waals surface area (Å²) >= 11 is 5.41. The summed E-state index contributed by atoms with van der Waals surface area (Å²) in [5, 5.41) is 5.02. The molecule has 108 valence electrons. The van der Waals surface area contributed by atoms with E-state index in [0.717, 1.165) is 4.47 Å². The van der Waals surface area contributed by atoms with Crippen molar-refractivity contribution in [2.45, 2.75) is 25.9 Å². The summed E-state index contributed by atoms with van der Waals surface area (Å²) in [6, 6.07) is 20.0. The molecule has 1 heterocycles. The largest absolute Gasteiger partial charge is 0.303 e. The first-order valence-electron chi connectivity index (χ1n) is 7.13. The average molecular weight is 360 g/mol. The van der Waals surface area contributed by atoms with Gasteiger partial charge in [0.25, 0.3) is 0 Å². The molecule has 1 aromatic heterocycles. The molecular weight excluding hydrogens is 342 g/mol. The van der Waals surface area contributed by atoms with Gasteiger partial charge in [-0.1, -0.05) is 46.3 Å². The molecule has 0 aliphatic rings. The van der Waals surface area contributed by atoms with E-state index in [0.29, 0.717) is 12.1 Å². The summed E-state index contributed by atoms with van der Waals surface area (Å²) in [6.07, 6.45) is 0. The molecule has 3 heteroatoms. The number of rotatable bonds is 4. The smallest absolute Gasteiger partial charge is 0.0391 e. The van der Waals surface area contributed by atoms with Crippen LogP contribution in [0.4, 0.5) is 0 Å². The summed E-state index contributed by atoms with van der Waals surface area (Å²) in [5.41, 5.74) is 1.30. The summed E-state index contributed by atoms with van der Waals surface area (Å²) in [6.45, 7) is 4.45. The maximum atomic E-state index is 3.69. The van der Waals surface area contributed by atoms with Crippen LogP contribution in [-0.4, -0.2) is 0 Å². The van der Waals surface area contributed by atoms with Gasteiger partial charge in [-0.25, -0.2) is 0 Å². The zero-order valence-electron chi connectivity index (χ0n) is 12.1. The quantitative estimate of drug-likeness (QED) is 0.595. The Morgan fingerprint density at radius 1 is 0.952 bits per heavy atom. The molecule has 0 radical (unpaired) electrons. The minimum Gasteiger partial charge on any atom is -0.303 e. The monoisotopic (exact) mass is 359 g/mol. The lowest BCUT2D eigenvalue weighted by atomic mass is 10.1. The molecule has 1 nitrogen and oxygen atoms in total. The van der Waals surface area contributed by atoms with Crippen LogP contribution in [0.25, 0.3) is 10.1 Å². The van der Waals surface area contributed by atoms with E-state index < -0.39 is 0 Å². The van der Waals surface area contributed by atoms with Crippen molar-refractivity contribution in [3.05, 3.63) is 69.5 Å². The van der Waals surface area contributed by atoms with Gasteiger partial charge in [0.1, 0.15) is 0 Å². The Kier molecular flexibility index (Phi) is 4.43. The van der Waals surface area contributed by atoms with Gasteiger partial charge in [0.15, 0.2) is 0 Å². The van der Waals surface area contributed by atoms with E-state index >= 15 is 0 Å². The molecule has 0 amide bonds. The topological polar surface area (TPSA) is 12.0 Å². The highest BCUT2D eigenvalue weighted by Crippen LogP contribution is 2.31. The van der Waals surface area contributed by atoms with E-state index in [-0.39, 0.29) is 0 Å². The predicted molar refractivity (Wildman–Crippen MR) is 95.9 cm³/mol. The van der Waals surface area contributed by atoms with Crippen LogP contribution in [0.15, 0.2) is 59.1 Å². The number of benzene rings is 2. The minimum absolute atomic E-state index is 0.322. The molecule has 0 spiro atoms. The van der Waals surface area contributed by atoms with Crippen molar-refractivity contribution in [2.24, 2.45) is 0 Å². The Balaban J connectivity index is 1.77. The summed E-state index contributed by atoms with van der Waals surface area (Å²) in [5.74, 6) is 0.